The number of amides is 4. The van der Waals surface area contributed by atoms with E-state index in [1.54, 1.807) is 28.4 Å². The largest absolute Gasteiger partial charge is 0.369 e. The van der Waals surface area contributed by atoms with E-state index in [2.05, 4.69) is 0 Å². The Morgan fingerprint density at radius 1 is 0.375 bits per heavy atom. The van der Waals surface area contributed by atoms with Gasteiger partial charge in [0, 0.05) is 54.6 Å². The zero-order valence-corrected chi connectivity index (χ0v) is 31.7. The van der Waals surface area contributed by atoms with Crippen molar-refractivity contribution in [2.45, 2.75) is 74.8 Å². The summed E-state index contributed by atoms with van der Waals surface area (Å²) in [4.78, 5) is 60.8. The smallest absolute Gasteiger partial charge is 0.255 e. The van der Waals surface area contributed by atoms with Gasteiger partial charge in [-0.1, -0.05) is 97.1 Å². The van der Waals surface area contributed by atoms with Gasteiger partial charge >= 0.3 is 0 Å². The maximum absolute atomic E-state index is 13.4. The molecule has 8 aliphatic rings. The van der Waals surface area contributed by atoms with Crippen molar-refractivity contribution in [2.75, 3.05) is 28.4 Å². The predicted octanol–water partition coefficient (Wildman–Crippen LogP) is 4.39. The summed E-state index contributed by atoms with van der Waals surface area (Å²) in [5.41, 5.74) is 7.46. The zero-order valence-electron chi connectivity index (χ0n) is 31.7. The first-order chi connectivity index (χ1) is 27.2. The lowest BCUT2D eigenvalue weighted by molar-refractivity contribution is -0.173. The Morgan fingerprint density at radius 3 is 0.786 bits per heavy atom. The maximum Gasteiger partial charge on any atom is 0.255 e. The Bertz CT molecular complexity index is 1890. The van der Waals surface area contributed by atoms with Crippen LogP contribution in [0.2, 0.25) is 0 Å². The van der Waals surface area contributed by atoms with Gasteiger partial charge in [0.1, 0.15) is 0 Å². The molecule has 8 heterocycles. The van der Waals surface area contributed by atoms with Gasteiger partial charge in [0.2, 0.25) is 0 Å². The third-order valence-corrected chi connectivity index (χ3v) is 12.2. The summed E-state index contributed by atoms with van der Waals surface area (Å²) >= 11 is 0. The number of β-lactam (4-membered cyclic amide) rings is 4. The van der Waals surface area contributed by atoms with Crippen LogP contribution in [-0.2, 0) is 64.3 Å². The molecule has 0 saturated carbocycles. The number of rotatable bonds is 4. The molecule has 12 nitrogen and oxygen atoms in total. The molecule has 0 spiro atoms. The van der Waals surface area contributed by atoms with E-state index in [0.29, 0.717) is 26.2 Å². The lowest BCUT2D eigenvalue weighted by atomic mass is 9.85. The summed E-state index contributed by atoms with van der Waals surface area (Å²) in [5.74, 6) is -0.359. The highest BCUT2D eigenvalue weighted by Gasteiger charge is 2.52. The summed E-state index contributed by atoms with van der Waals surface area (Å²) < 4.78 is 22.7. The molecule has 0 aliphatic carbocycles. The van der Waals surface area contributed by atoms with Gasteiger partial charge in [-0.2, -0.15) is 0 Å². The van der Waals surface area contributed by atoms with Crippen LogP contribution >= 0.6 is 0 Å². The fourth-order valence-electron chi connectivity index (χ4n) is 9.33. The van der Waals surface area contributed by atoms with E-state index in [-0.39, 0.29) is 47.8 Å². The van der Waals surface area contributed by atoms with Crippen LogP contribution < -0.4 is 0 Å². The second-order valence-corrected chi connectivity index (χ2v) is 15.2. The molecule has 0 N–H and O–H groups in total. The molecule has 4 aromatic rings. The number of carbonyl (C=O) groups excluding carboxylic acids is 4. The molecule has 4 aromatic carbocycles. The topological polar surface area (TPSA) is 118 Å². The predicted molar refractivity (Wildman–Crippen MR) is 202 cm³/mol. The SMILES string of the molecule is COC1C(=O)N2Cc3cccc(c3)CN3C(=O)C(OC)C3c3ccc(cc3)C3C(OC)C(=O)N3Cc3cccc(c3)CN3C(=O)C(OC)C3c3ccc(cc3)C12. The number of hydrogen-bond acceptors (Lipinski definition) is 8. The van der Waals surface area contributed by atoms with E-state index in [4.69, 9.17) is 18.9 Å². The molecular formula is C44H44N4O8. The Balaban J connectivity index is 1.08. The molecule has 12 rings (SSSR count). The minimum atomic E-state index is -0.615. The Kier molecular flexibility index (Phi) is 9.24. The van der Waals surface area contributed by atoms with Gasteiger partial charge in [0.15, 0.2) is 24.4 Å². The summed E-state index contributed by atoms with van der Waals surface area (Å²) in [6, 6.07) is 30.8. The fraction of sp³-hybridized carbons (Fsp3) is 0.364. The average molecular weight is 757 g/mol. The summed E-state index contributed by atoms with van der Waals surface area (Å²) in [6.45, 7) is 1.49. The first kappa shape index (κ1) is 36.3. The fourth-order valence-corrected chi connectivity index (χ4v) is 9.33. The van der Waals surface area contributed by atoms with Crippen molar-refractivity contribution < 1.29 is 38.1 Å². The molecule has 8 bridgehead atoms. The van der Waals surface area contributed by atoms with Gasteiger partial charge in [0.25, 0.3) is 23.6 Å². The van der Waals surface area contributed by atoms with Crippen LogP contribution in [0.4, 0.5) is 0 Å². The molecule has 8 atom stereocenters. The number of ether oxygens (including phenoxy) is 4. The maximum atomic E-state index is 13.4. The molecule has 4 saturated heterocycles. The van der Waals surface area contributed by atoms with Gasteiger partial charge < -0.3 is 38.5 Å². The second kappa shape index (κ2) is 14.3. The first-order valence-electron chi connectivity index (χ1n) is 18.9. The van der Waals surface area contributed by atoms with Gasteiger partial charge in [0.05, 0.1) is 24.2 Å². The van der Waals surface area contributed by atoms with Crippen LogP contribution in [0.1, 0.15) is 68.7 Å². The van der Waals surface area contributed by atoms with Crippen LogP contribution in [0.15, 0.2) is 97.1 Å². The molecular weight excluding hydrogens is 713 g/mol. The van der Waals surface area contributed by atoms with Crippen molar-refractivity contribution in [3.05, 3.63) is 142 Å². The first-order valence-corrected chi connectivity index (χ1v) is 18.9. The summed E-state index contributed by atoms with van der Waals surface area (Å²) in [6.07, 6.45) is -2.46. The highest BCUT2D eigenvalue weighted by atomic mass is 16.5. The van der Waals surface area contributed by atoms with Crippen LogP contribution in [-0.4, -0.2) is 96.1 Å². The van der Waals surface area contributed by atoms with E-state index < -0.39 is 24.4 Å². The van der Waals surface area contributed by atoms with Crippen molar-refractivity contribution in [1.82, 2.24) is 19.6 Å². The lowest BCUT2D eigenvalue weighted by Gasteiger charge is -2.48. The van der Waals surface area contributed by atoms with Gasteiger partial charge in [-0.15, -0.1) is 0 Å². The monoisotopic (exact) mass is 756 g/mol. The van der Waals surface area contributed by atoms with E-state index in [1.165, 1.54) is 0 Å². The molecule has 4 amide bonds. The van der Waals surface area contributed by atoms with E-state index in [1.807, 2.05) is 117 Å². The number of hydrogen-bond donors (Lipinski definition) is 0. The minimum Gasteiger partial charge on any atom is -0.369 e. The Morgan fingerprint density at radius 2 is 0.589 bits per heavy atom. The molecule has 0 radical (unpaired) electrons. The van der Waals surface area contributed by atoms with E-state index in [9.17, 15) is 19.2 Å². The Labute approximate surface area is 325 Å². The highest BCUT2D eigenvalue weighted by Crippen LogP contribution is 2.44. The molecule has 288 valence electrons. The zero-order chi connectivity index (χ0) is 38.8. The highest BCUT2D eigenvalue weighted by molar-refractivity contribution is 5.91. The third-order valence-electron chi connectivity index (χ3n) is 12.2. The number of carbonyl (C=O) groups is 4. The van der Waals surface area contributed by atoms with Crippen molar-refractivity contribution in [3.8, 4) is 0 Å². The van der Waals surface area contributed by atoms with E-state index >= 15 is 0 Å². The van der Waals surface area contributed by atoms with Crippen molar-refractivity contribution >= 4 is 23.6 Å². The van der Waals surface area contributed by atoms with Crippen molar-refractivity contribution in [3.63, 3.8) is 0 Å². The van der Waals surface area contributed by atoms with Crippen LogP contribution in [0.3, 0.4) is 0 Å². The second-order valence-electron chi connectivity index (χ2n) is 15.2. The van der Waals surface area contributed by atoms with Crippen molar-refractivity contribution in [1.29, 1.82) is 0 Å². The number of methoxy groups -OCH3 is 4. The molecule has 0 aromatic heterocycles. The third kappa shape index (κ3) is 5.73. The van der Waals surface area contributed by atoms with Gasteiger partial charge in [-0.05, 0) is 44.5 Å². The summed E-state index contributed by atoms with van der Waals surface area (Å²) in [5, 5.41) is 0. The average Bonchev–Trinajstić information content (AvgIpc) is 3.22. The lowest BCUT2D eigenvalue weighted by Crippen LogP contribution is -2.59. The molecule has 56 heavy (non-hydrogen) atoms. The van der Waals surface area contributed by atoms with Crippen LogP contribution in [0.25, 0.3) is 0 Å². The van der Waals surface area contributed by atoms with Crippen LogP contribution in [0, 0.1) is 0 Å². The Hall–Kier alpha value is -5.40. The van der Waals surface area contributed by atoms with Crippen LogP contribution in [0.5, 0.6) is 0 Å². The molecule has 8 aliphatic heterocycles. The summed E-state index contributed by atoms with van der Waals surface area (Å²) in [7, 11) is 6.21. The quantitative estimate of drug-likeness (QED) is 0.282. The normalized spacial score (nSPS) is 28.4. The number of nitrogens with zero attached hydrogens (tertiary/aromatic N) is 4. The molecule has 12 heteroatoms. The minimum absolute atomic E-state index is 0.0897. The molecule has 4 fully saturated rings. The van der Waals surface area contributed by atoms with Crippen molar-refractivity contribution in [2.24, 2.45) is 0 Å². The molecule has 8 unspecified atom stereocenters. The van der Waals surface area contributed by atoms with Gasteiger partial charge in [-0.25, -0.2) is 0 Å². The standard InChI is InChI=1S/C44H44N4O8/c1-53-37-33-29-11-13-30(14-12-29)34-38(54-2)42(50)46(34)23-27-9-6-10-28(20-27)24-48-36(40(56-4)44(48)52)32-17-15-31(16-18-32)35-39(55-3)43(51)47(35)22-26-8-5-7-25(19-26)21-45(33)41(37)49/h5-20,33-40H,21-24H2,1-4H3. The van der Waals surface area contributed by atoms with Gasteiger partial charge in [-0.3, -0.25) is 19.2 Å². The number of benzene rings is 4. The van der Waals surface area contributed by atoms with E-state index in [0.717, 1.165) is 44.5 Å².